The monoisotopic (exact) mass is 245 g/mol. The second-order valence-corrected chi connectivity index (χ2v) is 4.76. The van der Waals surface area contributed by atoms with Gasteiger partial charge in [0.25, 0.3) is 0 Å². The van der Waals surface area contributed by atoms with E-state index in [1.165, 1.54) is 7.11 Å². The summed E-state index contributed by atoms with van der Waals surface area (Å²) in [6.45, 7) is 5.86. The van der Waals surface area contributed by atoms with Crippen LogP contribution in [0, 0.1) is 17.2 Å². The van der Waals surface area contributed by atoms with Gasteiger partial charge in [-0.25, -0.2) is 0 Å². The van der Waals surface area contributed by atoms with Crippen molar-refractivity contribution in [2.24, 2.45) is 5.92 Å². The van der Waals surface area contributed by atoms with Crippen molar-refractivity contribution < 1.29 is 9.53 Å². The van der Waals surface area contributed by atoms with E-state index in [1.54, 1.807) is 0 Å². The van der Waals surface area contributed by atoms with Gasteiger partial charge < -0.3 is 4.74 Å². The number of rotatable bonds is 4. The number of hydrogen-bond acceptors (Lipinski definition) is 3. The number of ether oxygens (including phenoxy) is 1. The predicted molar refractivity (Wildman–Crippen MR) is 70.1 cm³/mol. The third-order valence-electron chi connectivity index (χ3n) is 3.16. The summed E-state index contributed by atoms with van der Waals surface area (Å²) in [7, 11) is 1.39. The number of methoxy groups -OCH3 is 1. The highest BCUT2D eigenvalue weighted by Gasteiger charge is 2.18. The fraction of sp³-hybridized carbons (Fsp3) is 0.467. The van der Waals surface area contributed by atoms with Crippen LogP contribution < -0.4 is 0 Å². The second-order valence-electron chi connectivity index (χ2n) is 4.76. The van der Waals surface area contributed by atoms with Crippen LogP contribution in [0.4, 0.5) is 0 Å². The molecule has 0 spiro atoms. The summed E-state index contributed by atoms with van der Waals surface area (Å²) < 4.78 is 4.71. The molecule has 0 aliphatic heterocycles. The van der Waals surface area contributed by atoms with Crippen molar-refractivity contribution in [3.63, 3.8) is 0 Å². The SMILES string of the molecule is COC(=O)C(C)c1ccc(C(C#N)C(C)C)cc1. The fourth-order valence-electron chi connectivity index (χ4n) is 1.91. The molecule has 0 saturated heterocycles. The highest BCUT2D eigenvalue weighted by Crippen LogP contribution is 2.25. The molecular weight excluding hydrogens is 226 g/mol. The Bertz CT molecular complexity index is 443. The van der Waals surface area contributed by atoms with Crippen LogP contribution >= 0.6 is 0 Å². The van der Waals surface area contributed by atoms with Gasteiger partial charge in [0.2, 0.25) is 0 Å². The highest BCUT2D eigenvalue weighted by atomic mass is 16.5. The lowest BCUT2D eigenvalue weighted by molar-refractivity contribution is -0.141. The minimum Gasteiger partial charge on any atom is -0.469 e. The molecule has 0 aliphatic rings. The molecule has 0 saturated carbocycles. The smallest absolute Gasteiger partial charge is 0.312 e. The average Bonchev–Trinajstić information content (AvgIpc) is 2.38. The first-order valence-electron chi connectivity index (χ1n) is 6.08. The minimum atomic E-state index is -0.274. The topological polar surface area (TPSA) is 50.1 Å². The van der Waals surface area contributed by atoms with Gasteiger partial charge in [0, 0.05) is 0 Å². The predicted octanol–water partition coefficient (Wildman–Crippen LogP) is 3.23. The summed E-state index contributed by atoms with van der Waals surface area (Å²) in [5.74, 6) is -0.349. The number of carbonyl (C=O) groups is 1. The van der Waals surface area contributed by atoms with Gasteiger partial charge in [-0.3, -0.25) is 4.79 Å². The quantitative estimate of drug-likeness (QED) is 0.765. The van der Waals surface area contributed by atoms with E-state index in [-0.39, 0.29) is 23.7 Å². The van der Waals surface area contributed by atoms with Crippen molar-refractivity contribution in [1.29, 1.82) is 5.26 Å². The van der Waals surface area contributed by atoms with Crippen LogP contribution in [0.15, 0.2) is 24.3 Å². The van der Waals surface area contributed by atoms with Crippen LogP contribution in [-0.4, -0.2) is 13.1 Å². The molecule has 1 rings (SSSR count). The number of esters is 1. The lowest BCUT2D eigenvalue weighted by Gasteiger charge is -2.15. The summed E-state index contributed by atoms with van der Waals surface area (Å²) in [4.78, 5) is 11.4. The van der Waals surface area contributed by atoms with Crippen LogP contribution in [0.5, 0.6) is 0 Å². The summed E-state index contributed by atoms with van der Waals surface area (Å²) in [5, 5.41) is 9.13. The van der Waals surface area contributed by atoms with Crippen LogP contribution in [0.3, 0.4) is 0 Å². The Kier molecular flexibility index (Phi) is 4.91. The van der Waals surface area contributed by atoms with E-state index in [9.17, 15) is 4.79 Å². The molecule has 3 heteroatoms. The molecule has 0 N–H and O–H groups in total. The number of carbonyl (C=O) groups excluding carboxylic acids is 1. The van der Waals surface area contributed by atoms with Gasteiger partial charge in [-0.2, -0.15) is 5.26 Å². The molecule has 0 aromatic heterocycles. The van der Waals surface area contributed by atoms with E-state index in [4.69, 9.17) is 10.00 Å². The van der Waals surface area contributed by atoms with Crippen LogP contribution in [-0.2, 0) is 9.53 Å². The molecule has 2 atom stereocenters. The number of nitriles is 1. The summed E-state index contributed by atoms with van der Waals surface area (Å²) in [6.07, 6.45) is 0. The lowest BCUT2D eigenvalue weighted by atomic mass is 9.88. The molecule has 0 aliphatic carbocycles. The van der Waals surface area contributed by atoms with E-state index in [0.717, 1.165) is 11.1 Å². The second kappa shape index (κ2) is 6.20. The van der Waals surface area contributed by atoms with Gasteiger partial charge in [-0.05, 0) is 24.0 Å². The molecule has 1 aromatic rings. The van der Waals surface area contributed by atoms with Crippen molar-refractivity contribution in [3.05, 3.63) is 35.4 Å². The molecule has 0 heterocycles. The molecular formula is C15H19NO2. The zero-order chi connectivity index (χ0) is 13.7. The highest BCUT2D eigenvalue weighted by molar-refractivity contribution is 5.77. The van der Waals surface area contributed by atoms with Gasteiger partial charge in [-0.15, -0.1) is 0 Å². The van der Waals surface area contributed by atoms with Gasteiger partial charge in [0.1, 0.15) is 0 Å². The fourth-order valence-corrected chi connectivity index (χ4v) is 1.91. The Hall–Kier alpha value is -1.82. The zero-order valence-corrected chi connectivity index (χ0v) is 11.3. The van der Waals surface area contributed by atoms with Crippen molar-refractivity contribution in [2.45, 2.75) is 32.6 Å². The third-order valence-corrected chi connectivity index (χ3v) is 3.16. The van der Waals surface area contributed by atoms with Gasteiger partial charge >= 0.3 is 5.97 Å². The Morgan fingerprint density at radius 3 is 2.06 bits per heavy atom. The van der Waals surface area contributed by atoms with Gasteiger partial charge in [-0.1, -0.05) is 38.1 Å². The summed E-state index contributed by atoms with van der Waals surface area (Å²) in [6, 6.07) is 9.93. The Labute approximate surface area is 108 Å². The number of benzene rings is 1. The molecule has 96 valence electrons. The first kappa shape index (κ1) is 14.2. The maximum Gasteiger partial charge on any atom is 0.312 e. The number of nitrogens with zero attached hydrogens (tertiary/aromatic N) is 1. The Morgan fingerprint density at radius 1 is 1.17 bits per heavy atom. The van der Waals surface area contributed by atoms with E-state index >= 15 is 0 Å². The molecule has 3 nitrogen and oxygen atoms in total. The molecule has 2 unspecified atom stereocenters. The Balaban J connectivity index is 2.93. The molecule has 0 fully saturated rings. The maximum absolute atomic E-state index is 11.4. The van der Waals surface area contributed by atoms with Crippen molar-refractivity contribution in [2.75, 3.05) is 7.11 Å². The van der Waals surface area contributed by atoms with Crippen LogP contribution in [0.1, 0.15) is 43.7 Å². The minimum absolute atomic E-state index is 0.104. The van der Waals surface area contributed by atoms with E-state index in [0.29, 0.717) is 0 Å². The summed E-state index contributed by atoms with van der Waals surface area (Å²) >= 11 is 0. The van der Waals surface area contributed by atoms with Gasteiger partial charge in [0.05, 0.1) is 25.0 Å². The van der Waals surface area contributed by atoms with E-state index in [1.807, 2.05) is 45.0 Å². The Morgan fingerprint density at radius 2 is 1.67 bits per heavy atom. The van der Waals surface area contributed by atoms with Crippen LogP contribution in [0.2, 0.25) is 0 Å². The standard InChI is InChI=1S/C15H19NO2/c1-10(2)14(9-16)13-7-5-12(6-8-13)11(3)15(17)18-4/h5-8,10-11,14H,1-4H3. The van der Waals surface area contributed by atoms with Crippen LogP contribution in [0.25, 0.3) is 0 Å². The molecule has 0 bridgehead atoms. The zero-order valence-electron chi connectivity index (χ0n) is 11.3. The average molecular weight is 245 g/mol. The molecule has 0 radical (unpaired) electrons. The molecule has 1 aromatic carbocycles. The van der Waals surface area contributed by atoms with Crippen molar-refractivity contribution >= 4 is 5.97 Å². The maximum atomic E-state index is 11.4. The summed E-state index contributed by atoms with van der Waals surface area (Å²) in [5.41, 5.74) is 1.90. The van der Waals surface area contributed by atoms with Gasteiger partial charge in [0.15, 0.2) is 0 Å². The van der Waals surface area contributed by atoms with E-state index < -0.39 is 0 Å². The molecule has 0 amide bonds. The first-order valence-corrected chi connectivity index (χ1v) is 6.08. The van der Waals surface area contributed by atoms with E-state index in [2.05, 4.69) is 6.07 Å². The largest absolute Gasteiger partial charge is 0.469 e. The number of hydrogen-bond donors (Lipinski definition) is 0. The third kappa shape index (κ3) is 3.10. The van der Waals surface area contributed by atoms with Crippen molar-refractivity contribution in [3.8, 4) is 6.07 Å². The van der Waals surface area contributed by atoms with Crippen molar-refractivity contribution in [1.82, 2.24) is 0 Å². The lowest BCUT2D eigenvalue weighted by Crippen LogP contribution is -2.11. The first-order chi connectivity index (χ1) is 8.51. The molecule has 18 heavy (non-hydrogen) atoms. The normalized spacial score (nSPS) is 13.8.